The normalized spacial score (nSPS) is 12.0. The second kappa shape index (κ2) is 12.8. The Labute approximate surface area is 346 Å². The van der Waals surface area contributed by atoms with Gasteiger partial charge in [-0.3, -0.25) is 0 Å². The van der Waals surface area contributed by atoms with Crippen molar-refractivity contribution in [1.82, 2.24) is 4.57 Å². The maximum atomic E-state index is 6.39. The van der Waals surface area contributed by atoms with Crippen LogP contribution in [-0.4, -0.2) is 4.57 Å². The lowest BCUT2D eigenvalue weighted by atomic mass is 9.82. The fourth-order valence-electron chi connectivity index (χ4n) is 10.1. The highest BCUT2D eigenvalue weighted by Gasteiger charge is 2.22. The number of fused-ring (bicyclic) bond motifs is 6. The molecule has 0 spiro atoms. The second-order valence-corrected chi connectivity index (χ2v) is 16.0. The molecule has 0 aliphatic rings. The third-order valence-corrected chi connectivity index (χ3v) is 12.7. The summed E-state index contributed by atoms with van der Waals surface area (Å²) in [4.78, 5) is 0. The Balaban J connectivity index is 1.12. The fraction of sp³-hybridized carbons (Fsp3) is 0. The van der Waals surface area contributed by atoms with E-state index in [0.29, 0.717) is 0 Å². The van der Waals surface area contributed by atoms with Crippen LogP contribution in [0.1, 0.15) is 0 Å². The lowest BCUT2D eigenvalue weighted by Gasteiger charge is -2.21. The third kappa shape index (κ3) is 4.82. The molecule has 0 saturated carbocycles. The maximum absolute atomic E-state index is 6.39. The zero-order valence-corrected chi connectivity index (χ0v) is 32.6. The minimum absolute atomic E-state index is 0.910. The lowest BCUT2D eigenvalue weighted by molar-refractivity contribution is 0.669. The van der Waals surface area contributed by atoms with Gasteiger partial charge < -0.3 is 8.98 Å². The number of hydrogen-bond donors (Lipinski definition) is 0. The molecule has 0 radical (unpaired) electrons. The monoisotopic (exact) mass is 761 g/mol. The minimum atomic E-state index is 0.910. The van der Waals surface area contributed by atoms with Crippen molar-refractivity contribution in [2.24, 2.45) is 0 Å². The molecule has 0 atom stereocenters. The van der Waals surface area contributed by atoms with Crippen molar-refractivity contribution in [3.05, 3.63) is 212 Å². The quantitative estimate of drug-likeness (QED) is 0.160. The van der Waals surface area contributed by atoms with Crippen LogP contribution in [0.4, 0.5) is 0 Å². The van der Waals surface area contributed by atoms with E-state index in [2.05, 4.69) is 211 Å². The Kier molecular flexibility index (Phi) is 7.05. The van der Waals surface area contributed by atoms with E-state index in [0.717, 1.165) is 33.1 Å². The van der Waals surface area contributed by atoms with Crippen LogP contribution in [-0.2, 0) is 0 Å². The first kappa shape index (κ1) is 33.1. The Morgan fingerprint density at radius 2 is 0.750 bits per heavy atom. The van der Waals surface area contributed by atoms with Gasteiger partial charge in [-0.2, -0.15) is 0 Å². The van der Waals surface area contributed by atoms with Crippen LogP contribution in [0.3, 0.4) is 0 Å². The van der Waals surface area contributed by atoms with Crippen LogP contribution in [0.2, 0.25) is 0 Å². The zero-order valence-electron chi connectivity index (χ0n) is 32.6. The van der Waals surface area contributed by atoms with Crippen molar-refractivity contribution in [3.63, 3.8) is 0 Å². The molecule has 0 aliphatic carbocycles. The molecule has 2 nitrogen and oxygen atoms in total. The Bertz CT molecular complexity index is 3740. The highest BCUT2D eigenvalue weighted by Crippen LogP contribution is 2.49. The van der Waals surface area contributed by atoms with Crippen molar-refractivity contribution in [1.29, 1.82) is 0 Å². The smallest absolute Gasteiger partial charge is 0.136 e. The molecule has 0 unspecified atom stereocenters. The molecule has 278 valence electrons. The van der Waals surface area contributed by atoms with E-state index in [1.165, 1.54) is 93.1 Å². The summed E-state index contributed by atoms with van der Waals surface area (Å²) in [6, 6.07) is 77.7. The first-order valence-corrected chi connectivity index (χ1v) is 20.7. The summed E-state index contributed by atoms with van der Waals surface area (Å²) in [6.45, 7) is 0. The summed E-state index contributed by atoms with van der Waals surface area (Å²) in [6.07, 6.45) is 0. The van der Waals surface area contributed by atoms with Gasteiger partial charge in [-0.15, -0.1) is 0 Å². The van der Waals surface area contributed by atoms with E-state index in [4.69, 9.17) is 4.42 Å². The van der Waals surface area contributed by atoms with E-state index in [1.54, 1.807) is 0 Å². The molecule has 0 amide bonds. The molecule has 60 heavy (non-hydrogen) atoms. The third-order valence-electron chi connectivity index (χ3n) is 12.7. The lowest BCUT2D eigenvalue weighted by Crippen LogP contribution is -1.96. The SMILES string of the molecule is c1ccc(-c2cc(-c3ccccc3)c3ccc4c(-c5cccc(-n6c7ccccc7c7cc8oc9ccccc9c8cc76)c5)cc(-c5ccccc5)c5ccc2c3c54)cc1. The number of para-hydroxylation sites is 2. The molecule has 0 saturated heterocycles. The minimum Gasteiger partial charge on any atom is -0.456 e. The van der Waals surface area contributed by atoms with Crippen LogP contribution in [0.15, 0.2) is 217 Å². The van der Waals surface area contributed by atoms with Gasteiger partial charge in [-0.05, 0) is 125 Å². The summed E-state index contributed by atoms with van der Waals surface area (Å²) in [5.41, 5.74) is 15.0. The molecule has 0 N–H and O–H groups in total. The molecule has 2 heteroatoms. The predicted octanol–water partition coefficient (Wildman–Crippen LogP) is 16.2. The highest BCUT2D eigenvalue weighted by molar-refractivity contribution is 6.32. The Hall–Kier alpha value is -7.94. The van der Waals surface area contributed by atoms with Gasteiger partial charge in [-0.25, -0.2) is 0 Å². The van der Waals surface area contributed by atoms with E-state index < -0.39 is 0 Å². The van der Waals surface area contributed by atoms with Gasteiger partial charge in [-0.1, -0.05) is 164 Å². The van der Waals surface area contributed by atoms with Crippen LogP contribution in [0.25, 0.3) is 126 Å². The van der Waals surface area contributed by atoms with Crippen molar-refractivity contribution >= 4 is 76.1 Å². The summed E-state index contributed by atoms with van der Waals surface area (Å²) in [5, 5.41) is 12.3. The number of furan rings is 1. The molecular formula is C58H35NO. The van der Waals surface area contributed by atoms with Crippen LogP contribution in [0, 0.1) is 0 Å². The van der Waals surface area contributed by atoms with Gasteiger partial charge in [0.2, 0.25) is 0 Å². The van der Waals surface area contributed by atoms with E-state index >= 15 is 0 Å². The molecule has 0 fully saturated rings. The fourth-order valence-corrected chi connectivity index (χ4v) is 10.1. The second-order valence-electron chi connectivity index (χ2n) is 16.0. The summed E-state index contributed by atoms with van der Waals surface area (Å²) < 4.78 is 8.83. The summed E-state index contributed by atoms with van der Waals surface area (Å²) in [7, 11) is 0. The number of hydrogen-bond acceptors (Lipinski definition) is 1. The predicted molar refractivity (Wildman–Crippen MR) is 254 cm³/mol. The van der Waals surface area contributed by atoms with Crippen LogP contribution in [0.5, 0.6) is 0 Å². The Morgan fingerprint density at radius 3 is 1.33 bits per heavy atom. The molecule has 11 aromatic carbocycles. The van der Waals surface area contributed by atoms with E-state index in [1.807, 2.05) is 6.07 Å². The summed E-state index contributed by atoms with van der Waals surface area (Å²) >= 11 is 0. The average Bonchev–Trinajstić information content (AvgIpc) is 3.85. The van der Waals surface area contributed by atoms with Crippen LogP contribution >= 0.6 is 0 Å². The number of nitrogens with zero attached hydrogens (tertiary/aromatic N) is 1. The highest BCUT2D eigenvalue weighted by atomic mass is 16.3. The first-order chi connectivity index (χ1) is 29.8. The van der Waals surface area contributed by atoms with Crippen molar-refractivity contribution in [2.45, 2.75) is 0 Å². The largest absolute Gasteiger partial charge is 0.456 e. The molecule has 2 aromatic heterocycles. The van der Waals surface area contributed by atoms with Crippen molar-refractivity contribution in [3.8, 4) is 50.2 Å². The maximum Gasteiger partial charge on any atom is 0.136 e. The Morgan fingerprint density at radius 1 is 0.267 bits per heavy atom. The van der Waals surface area contributed by atoms with Gasteiger partial charge in [0.1, 0.15) is 11.2 Å². The number of aromatic nitrogens is 1. The molecule has 0 aliphatic heterocycles. The average molecular weight is 762 g/mol. The number of benzene rings is 11. The molecule has 2 heterocycles. The van der Waals surface area contributed by atoms with Crippen LogP contribution < -0.4 is 0 Å². The van der Waals surface area contributed by atoms with Crippen molar-refractivity contribution in [2.75, 3.05) is 0 Å². The van der Waals surface area contributed by atoms with Crippen molar-refractivity contribution < 1.29 is 4.42 Å². The van der Waals surface area contributed by atoms with Gasteiger partial charge in [0.15, 0.2) is 0 Å². The molecule has 13 aromatic rings. The van der Waals surface area contributed by atoms with Gasteiger partial charge >= 0.3 is 0 Å². The number of rotatable bonds is 5. The topological polar surface area (TPSA) is 18.1 Å². The molecule has 13 rings (SSSR count). The zero-order chi connectivity index (χ0) is 39.3. The summed E-state index contributed by atoms with van der Waals surface area (Å²) in [5.74, 6) is 0. The van der Waals surface area contributed by atoms with E-state index in [9.17, 15) is 0 Å². The first-order valence-electron chi connectivity index (χ1n) is 20.7. The van der Waals surface area contributed by atoms with E-state index in [-0.39, 0.29) is 0 Å². The van der Waals surface area contributed by atoms with Gasteiger partial charge in [0.25, 0.3) is 0 Å². The standard InChI is InChI=1S/C58H35NO/c1-4-15-36(16-5-1)47-32-48(37-17-6-2-7-18-37)44-29-30-46-50(33-49(38-19-8-3-9-20-38)45-28-27-43(47)57(44)58(45)46)39-21-14-22-40(31-39)59-53-25-12-10-23-41(53)51-35-56-52(34-54(51)59)42-24-11-13-26-55(42)60-56/h1-35H. The van der Waals surface area contributed by atoms with Gasteiger partial charge in [0.05, 0.1) is 11.0 Å². The molecule has 0 bridgehead atoms. The van der Waals surface area contributed by atoms with Gasteiger partial charge in [0, 0.05) is 27.2 Å². The molecular weight excluding hydrogens is 727 g/mol.